The molecule has 2 aromatic carbocycles. The van der Waals surface area contributed by atoms with Gasteiger partial charge in [-0.25, -0.2) is 9.18 Å². The fourth-order valence-electron chi connectivity index (χ4n) is 2.83. The van der Waals surface area contributed by atoms with Gasteiger partial charge in [0.15, 0.2) is 6.10 Å². The van der Waals surface area contributed by atoms with Gasteiger partial charge in [-0.3, -0.25) is 0 Å². The van der Waals surface area contributed by atoms with Crippen LogP contribution in [-0.2, 0) is 22.4 Å². The Kier molecular flexibility index (Phi) is 8.44. The highest BCUT2D eigenvalue weighted by Crippen LogP contribution is 2.23. The van der Waals surface area contributed by atoms with Crippen molar-refractivity contribution in [1.29, 1.82) is 5.26 Å². The van der Waals surface area contributed by atoms with Crippen LogP contribution in [0.15, 0.2) is 42.5 Å². The first-order valence-electron chi connectivity index (χ1n) is 9.21. The molecule has 0 spiro atoms. The normalized spacial score (nSPS) is 13.0. The lowest BCUT2D eigenvalue weighted by molar-refractivity contribution is -0.153. The van der Waals surface area contributed by atoms with Crippen molar-refractivity contribution in [3.8, 4) is 11.8 Å². The molecule has 0 saturated carbocycles. The van der Waals surface area contributed by atoms with Crippen LogP contribution in [0, 0.1) is 11.3 Å². The third-order valence-corrected chi connectivity index (χ3v) is 4.30. The minimum atomic E-state index is -1.30. The quantitative estimate of drug-likeness (QED) is 0.609. The molecule has 2 atom stereocenters. The lowest BCUT2D eigenvalue weighted by Gasteiger charge is -2.17. The van der Waals surface area contributed by atoms with Gasteiger partial charge in [-0.05, 0) is 43.2 Å². The zero-order valence-corrected chi connectivity index (χ0v) is 17.0. The highest BCUT2D eigenvalue weighted by atomic mass is 35.5. The first-order valence-corrected chi connectivity index (χ1v) is 9.59. The van der Waals surface area contributed by atoms with Crippen molar-refractivity contribution in [2.75, 3.05) is 6.61 Å². The van der Waals surface area contributed by atoms with Gasteiger partial charge in [0.1, 0.15) is 24.6 Å². The van der Waals surface area contributed by atoms with Crippen LogP contribution in [0.3, 0.4) is 0 Å². The van der Waals surface area contributed by atoms with Crippen LogP contribution >= 0.6 is 11.6 Å². The van der Waals surface area contributed by atoms with Crippen LogP contribution in [0.25, 0.3) is 0 Å². The fraction of sp³-hybridized carbons (Fsp3) is 0.364. The van der Waals surface area contributed by atoms with E-state index in [1.54, 1.807) is 44.2 Å². The zero-order valence-electron chi connectivity index (χ0n) is 16.3. The van der Waals surface area contributed by atoms with Gasteiger partial charge in [-0.2, -0.15) is 5.26 Å². The Labute approximate surface area is 174 Å². The number of carboxylic acids is 1. The van der Waals surface area contributed by atoms with Gasteiger partial charge < -0.3 is 14.6 Å². The number of carbonyl (C=O) groups is 1. The molecular formula is C22H23ClFNO4. The molecule has 154 valence electrons. The molecule has 2 aromatic rings. The number of nitriles is 1. The van der Waals surface area contributed by atoms with E-state index in [0.717, 1.165) is 11.1 Å². The molecule has 0 aliphatic carbocycles. The van der Waals surface area contributed by atoms with E-state index in [2.05, 4.69) is 0 Å². The summed E-state index contributed by atoms with van der Waals surface area (Å²) in [6.45, 7) is 3.34. The number of ether oxygens (including phenoxy) is 2. The minimum absolute atomic E-state index is 0.103. The molecule has 0 saturated heterocycles. The number of benzene rings is 2. The number of hydrogen-bond donors (Lipinski definition) is 1. The second-order valence-electron chi connectivity index (χ2n) is 6.90. The Balaban J connectivity index is 1.97. The van der Waals surface area contributed by atoms with E-state index in [0.29, 0.717) is 5.02 Å². The summed E-state index contributed by atoms with van der Waals surface area (Å²) in [6.07, 6.45) is -2.16. The van der Waals surface area contributed by atoms with Gasteiger partial charge in [0, 0.05) is 17.9 Å². The largest absolute Gasteiger partial charge is 0.489 e. The van der Waals surface area contributed by atoms with E-state index in [-0.39, 0.29) is 36.9 Å². The van der Waals surface area contributed by atoms with Gasteiger partial charge >= 0.3 is 5.97 Å². The Morgan fingerprint density at radius 1 is 1.21 bits per heavy atom. The number of aliphatic carboxylic acids is 1. The number of carboxylic acid groups (broad SMARTS) is 1. The van der Waals surface area contributed by atoms with E-state index in [4.69, 9.17) is 26.3 Å². The van der Waals surface area contributed by atoms with Crippen LogP contribution in [0.2, 0.25) is 5.02 Å². The predicted molar refractivity (Wildman–Crippen MR) is 108 cm³/mol. The van der Waals surface area contributed by atoms with Gasteiger partial charge in [-0.15, -0.1) is 0 Å². The Hall–Kier alpha value is -2.62. The highest BCUT2D eigenvalue weighted by molar-refractivity contribution is 6.30. The summed E-state index contributed by atoms with van der Waals surface area (Å²) < 4.78 is 25.3. The minimum Gasteiger partial charge on any atom is -0.489 e. The first-order chi connectivity index (χ1) is 13.8. The van der Waals surface area contributed by atoms with E-state index in [9.17, 15) is 14.3 Å². The number of halogens is 2. The van der Waals surface area contributed by atoms with Crippen LogP contribution in [0.5, 0.6) is 5.75 Å². The summed E-state index contributed by atoms with van der Waals surface area (Å²) in [6, 6.07) is 13.6. The molecule has 0 fully saturated rings. The average molecular weight is 420 g/mol. The smallest absolute Gasteiger partial charge is 0.333 e. The molecule has 2 unspecified atom stereocenters. The number of hydrogen-bond acceptors (Lipinski definition) is 4. The second kappa shape index (κ2) is 10.8. The molecule has 2 rings (SSSR count). The van der Waals surface area contributed by atoms with Crippen molar-refractivity contribution >= 4 is 17.6 Å². The number of alkyl halides is 1. The van der Waals surface area contributed by atoms with Crippen LogP contribution in [-0.4, -0.2) is 36.1 Å². The zero-order chi connectivity index (χ0) is 21.4. The molecular weight excluding hydrogens is 397 g/mol. The summed E-state index contributed by atoms with van der Waals surface area (Å²) in [5.41, 5.74) is 1.73. The summed E-state index contributed by atoms with van der Waals surface area (Å²) in [5.74, 6) is -0.749. The topological polar surface area (TPSA) is 79.5 Å². The molecule has 7 heteroatoms. The summed E-state index contributed by atoms with van der Waals surface area (Å²) in [5, 5.41) is 18.8. The lowest BCUT2D eigenvalue weighted by Crippen LogP contribution is -2.29. The maximum atomic E-state index is 14.4. The molecule has 0 aromatic heterocycles. The maximum absolute atomic E-state index is 14.4. The Morgan fingerprint density at radius 2 is 1.90 bits per heavy atom. The van der Waals surface area contributed by atoms with Gasteiger partial charge in [0.2, 0.25) is 0 Å². The second-order valence-corrected chi connectivity index (χ2v) is 7.34. The molecule has 0 amide bonds. The fourth-order valence-corrected chi connectivity index (χ4v) is 3.00. The third kappa shape index (κ3) is 7.37. The van der Waals surface area contributed by atoms with Gasteiger partial charge in [0.05, 0.1) is 11.7 Å². The van der Waals surface area contributed by atoms with Crippen molar-refractivity contribution in [1.82, 2.24) is 0 Å². The van der Waals surface area contributed by atoms with E-state index in [1.165, 1.54) is 12.1 Å². The van der Waals surface area contributed by atoms with Crippen LogP contribution < -0.4 is 4.74 Å². The molecule has 1 N–H and O–H groups in total. The average Bonchev–Trinajstić information content (AvgIpc) is 2.66. The summed E-state index contributed by atoms with van der Waals surface area (Å²) in [4.78, 5) is 11.4. The van der Waals surface area contributed by atoms with Crippen molar-refractivity contribution in [2.45, 2.75) is 45.1 Å². The Bertz CT molecular complexity index is 881. The molecule has 0 heterocycles. The first kappa shape index (κ1) is 22.7. The summed E-state index contributed by atoms with van der Waals surface area (Å²) in [7, 11) is 0. The molecule has 0 radical (unpaired) electrons. The van der Waals surface area contributed by atoms with E-state index >= 15 is 0 Å². The standard InChI is InChI=1S/C22H23ClFNO4/c1-14(2)29-21(22(26)27)10-16-5-3-4-15(8-16)9-19(24)13-28-20-7-6-18(23)11-17(20)12-25/h3-8,11,14,19,21H,9-10,13H2,1-2H3,(H,26,27). The molecule has 0 aliphatic heterocycles. The molecule has 5 nitrogen and oxygen atoms in total. The van der Waals surface area contributed by atoms with Crippen molar-refractivity contribution in [3.63, 3.8) is 0 Å². The Morgan fingerprint density at radius 3 is 2.52 bits per heavy atom. The van der Waals surface area contributed by atoms with Crippen molar-refractivity contribution in [2.24, 2.45) is 0 Å². The maximum Gasteiger partial charge on any atom is 0.333 e. The summed E-state index contributed by atoms with van der Waals surface area (Å²) >= 11 is 5.84. The highest BCUT2D eigenvalue weighted by Gasteiger charge is 2.20. The van der Waals surface area contributed by atoms with Crippen molar-refractivity contribution in [3.05, 3.63) is 64.2 Å². The van der Waals surface area contributed by atoms with Crippen molar-refractivity contribution < 1.29 is 23.8 Å². The predicted octanol–water partition coefficient (Wildman–Crippen LogP) is 4.59. The molecule has 29 heavy (non-hydrogen) atoms. The van der Waals surface area contributed by atoms with Gasteiger partial charge in [0.25, 0.3) is 0 Å². The number of rotatable bonds is 10. The third-order valence-electron chi connectivity index (χ3n) is 4.06. The van der Waals surface area contributed by atoms with Gasteiger partial charge in [-0.1, -0.05) is 35.9 Å². The molecule has 0 bridgehead atoms. The van der Waals surface area contributed by atoms with Crippen LogP contribution in [0.1, 0.15) is 30.5 Å². The van der Waals surface area contributed by atoms with E-state index < -0.39 is 18.2 Å². The van der Waals surface area contributed by atoms with Crippen LogP contribution in [0.4, 0.5) is 4.39 Å². The monoisotopic (exact) mass is 419 g/mol. The SMILES string of the molecule is CC(C)OC(Cc1cccc(CC(F)COc2ccc(Cl)cc2C#N)c1)C(=O)O. The number of nitrogens with zero attached hydrogens (tertiary/aromatic N) is 1. The van der Waals surface area contributed by atoms with E-state index in [1.807, 2.05) is 6.07 Å². The lowest BCUT2D eigenvalue weighted by atomic mass is 10.0. The molecule has 0 aliphatic rings.